The van der Waals surface area contributed by atoms with Crippen molar-refractivity contribution in [2.75, 3.05) is 31.6 Å². The first-order chi connectivity index (χ1) is 14.7. The van der Waals surface area contributed by atoms with E-state index in [-0.39, 0.29) is 33.9 Å². The van der Waals surface area contributed by atoms with Crippen LogP contribution in [-0.4, -0.2) is 48.8 Å². The molecule has 1 aliphatic carbocycles. The molecule has 2 aliphatic rings. The molecule has 1 aromatic carbocycles. The molecule has 5 N–H and O–H groups in total. The molecule has 31 heavy (non-hydrogen) atoms. The summed E-state index contributed by atoms with van der Waals surface area (Å²) in [6.07, 6.45) is 3.09. The Morgan fingerprint density at radius 3 is 2.81 bits per heavy atom. The molecule has 2 heterocycles. The maximum atomic E-state index is 16.1. The Morgan fingerprint density at radius 1 is 1.52 bits per heavy atom. The number of hydrogen-bond donors (Lipinski definition) is 4. The van der Waals surface area contributed by atoms with Gasteiger partial charge in [-0.3, -0.25) is 4.79 Å². The number of hydrogen-bond acceptors (Lipinski definition) is 6. The van der Waals surface area contributed by atoms with E-state index >= 15 is 4.39 Å². The van der Waals surface area contributed by atoms with Gasteiger partial charge in [0.25, 0.3) is 0 Å². The molecule has 4 rings (SSSR count). The van der Waals surface area contributed by atoms with Crippen LogP contribution in [-0.2, 0) is 5.54 Å². The number of carboxylic acid groups (broad SMARTS) is 1. The van der Waals surface area contributed by atoms with Crippen molar-refractivity contribution in [3.8, 4) is 5.75 Å². The molecular weight excluding hydrogens is 403 g/mol. The smallest absolute Gasteiger partial charge is 0.341 e. The van der Waals surface area contributed by atoms with E-state index in [1.54, 1.807) is 0 Å². The number of nitrogens with two attached hydrogens (primary N) is 1. The Hall–Kier alpha value is -2.65. The lowest BCUT2D eigenvalue weighted by atomic mass is 9.95. The average Bonchev–Trinajstić information content (AvgIpc) is 3.27. The zero-order valence-electron chi connectivity index (χ0n) is 18.0. The molecule has 2 atom stereocenters. The van der Waals surface area contributed by atoms with Crippen LogP contribution in [0.1, 0.15) is 49.0 Å². The predicted octanol–water partition coefficient (Wildman–Crippen LogP) is 2.15. The topological polar surface area (TPSA) is 121 Å². The van der Waals surface area contributed by atoms with Crippen LogP contribution in [0.2, 0.25) is 0 Å². The number of ether oxygens (including phenoxy) is 1. The van der Waals surface area contributed by atoms with Crippen LogP contribution in [0, 0.1) is 11.7 Å². The van der Waals surface area contributed by atoms with Crippen LogP contribution >= 0.6 is 0 Å². The predicted molar refractivity (Wildman–Crippen MR) is 117 cm³/mol. The van der Waals surface area contributed by atoms with Gasteiger partial charge in [0.2, 0.25) is 5.43 Å². The number of benzene rings is 1. The second kappa shape index (κ2) is 7.80. The molecule has 1 saturated carbocycles. The van der Waals surface area contributed by atoms with Crippen LogP contribution in [0.4, 0.5) is 10.1 Å². The Labute approximate surface area is 179 Å². The van der Waals surface area contributed by atoms with Gasteiger partial charge in [-0.05, 0) is 38.6 Å². The quantitative estimate of drug-likeness (QED) is 0.529. The van der Waals surface area contributed by atoms with Crippen molar-refractivity contribution < 1.29 is 19.0 Å². The zero-order chi connectivity index (χ0) is 22.5. The third kappa shape index (κ3) is 3.45. The summed E-state index contributed by atoms with van der Waals surface area (Å²) in [7, 11) is 1.42. The number of aromatic carboxylic acids is 1. The van der Waals surface area contributed by atoms with Crippen LogP contribution < -0.4 is 26.1 Å². The number of halogens is 1. The molecule has 0 bridgehead atoms. The van der Waals surface area contributed by atoms with Gasteiger partial charge in [-0.15, -0.1) is 0 Å². The number of aromatic nitrogens is 1. The van der Waals surface area contributed by atoms with E-state index in [9.17, 15) is 14.7 Å². The minimum atomic E-state index is -1.38. The molecule has 9 heteroatoms. The third-order valence-electron chi connectivity index (χ3n) is 6.70. The fourth-order valence-electron chi connectivity index (χ4n) is 4.77. The van der Waals surface area contributed by atoms with Gasteiger partial charge < -0.3 is 30.8 Å². The normalized spacial score (nSPS) is 20.8. The van der Waals surface area contributed by atoms with Crippen molar-refractivity contribution in [1.29, 1.82) is 0 Å². The number of aromatic amines is 1. The molecule has 8 nitrogen and oxygen atoms in total. The summed E-state index contributed by atoms with van der Waals surface area (Å²) in [4.78, 5) is 29.4. The number of anilines is 1. The first-order valence-electron chi connectivity index (χ1n) is 10.7. The minimum absolute atomic E-state index is 0.0326. The van der Waals surface area contributed by atoms with Gasteiger partial charge in [-0.1, -0.05) is 6.92 Å². The highest BCUT2D eigenvalue weighted by Crippen LogP contribution is 2.51. The monoisotopic (exact) mass is 432 g/mol. The first-order valence-corrected chi connectivity index (χ1v) is 10.7. The molecule has 2 aromatic rings. The van der Waals surface area contributed by atoms with Crippen LogP contribution in [0.15, 0.2) is 11.0 Å². The minimum Gasteiger partial charge on any atom is -0.492 e. The summed E-state index contributed by atoms with van der Waals surface area (Å²) >= 11 is 0. The molecule has 1 aromatic heterocycles. The maximum absolute atomic E-state index is 16.1. The molecular formula is C22H29FN4O4. The van der Waals surface area contributed by atoms with E-state index < -0.39 is 28.3 Å². The highest BCUT2D eigenvalue weighted by Gasteiger charge is 2.46. The number of carbonyl (C=O) groups is 1. The van der Waals surface area contributed by atoms with Gasteiger partial charge in [-0.2, -0.15) is 0 Å². The molecule has 0 spiro atoms. The summed E-state index contributed by atoms with van der Waals surface area (Å²) in [5, 5.41) is 12.8. The Morgan fingerprint density at radius 2 is 2.23 bits per heavy atom. The molecule has 1 saturated heterocycles. The Kier molecular flexibility index (Phi) is 5.43. The van der Waals surface area contributed by atoms with Crippen molar-refractivity contribution in [3.05, 3.63) is 33.4 Å². The molecule has 2 fully saturated rings. The molecule has 1 aliphatic heterocycles. The van der Waals surface area contributed by atoms with Gasteiger partial charge in [0.05, 0.1) is 18.0 Å². The maximum Gasteiger partial charge on any atom is 0.341 e. The number of fused-ring (bicyclic) bond motifs is 1. The number of H-pyrrole nitrogens is 1. The van der Waals surface area contributed by atoms with Gasteiger partial charge in [0.1, 0.15) is 11.3 Å². The zero-order valence-corrected chi connectivity index (χ0v) is 18.0. The van der Waals surface area contributed by atoms with Crippen molar-refractivity contribution >= 4 is 22.6 Å². The van der Waals surface area contributed by atoms with Crippen molar-refractivity contribution in [2.24, 2.45) is 11.7 Å². The number of pyridine rings is 1. The van der Waals surface area contributed by atoms with Crippen LogP contribution in [0.5, 0.6) is 5.75 Å². The molecule has 2 unspecified atom stereocenters. The summed E-state index contributed by atoms with van der Waals surface area (Å²) in [5.41, 5.74) is 4.86. The van der Waals surface area contributed by atoms with Gasteiger partial charge >= 0.3 is 5.97 Å². The third-order valence-corrected chi connectivity index (χ3v) is 6.70. The highest BCUT2D eigenvalue weighted by atomic mass is 19.1. The second-order valence-electron chi connectivity index (χ2n) is 8.65. The number of nitrogens with zero attached hydrogens (tertiary/aromatic N) is 1. The largest absolute Gasteiger partial charge is 0.492 e. The van der Waals surface area contributed by atoms with E-state index in [4.69, 9.17) is 10.5 Å². The highest BCUT2D eigenvalue weighted by molar-refractivity contribution is 5.99. The Balaban J connectivity index is 1.94. The number of carboxylic acids is 1. The van der Waals surface area contributed by atoms with Gasteiger partial charge in [0, 0.05) is 36.4 Å². The van der Waals surface area contributed by atoms with E-state index in [1.165, 1.54) is 7.11 Å². The fourth-order valence-corrected chi connectivity index (χ4v) is 4.77. The lowest BCUT2D eigenvalue weighted by Crippen LogP contribution is -2.35. The average molecular weight is 432 g/mol. The summed E-state index contributed by atoms with van der Waals surface area (Å²) in [6, 6.07) is 0.284. The summed E-state index contributed by atoms with van der Waals surface area (Å²) in [6.45, 7) is 6.33. The van der Waals surface area contributed by atoms with Crippen LogP contribution in [0.3, 0.4) is 0 Å². The molecule has 168 valence electrons. The van der Waals surface area contributed by atoms with E-state index in [2.05, 4.69) is 24.1 Å². The van der Waals surface area contributed by atoms with E-state index in [1.807, 2.05) is 4.90 Å². The Bertz CT molecular complexity index is 1100. The molecule has 0 radical (unpaired) electrons. The summed E-state index contributed by atoms with van der Waals surface area (Å²) < 4.78 is 21.7. The summed E-state index contributed by atoms with van der Waals surface area (Å²) in [5.74, 6) is -1.43. The van der Waals surface area contributed by atoms with Crippen LogP contribution in [0.25, 0.3) is 10.9 Å². The van der Waals surface area contributed by atoms with Gasteiger partial charge in [0.15, 0.2) is 11.6 Å². The second-order valence-corrected chi connectivity index (χ2v) is 8.65. The number of methoxy groups -OCH3 is 1. The number of rotatable bonds is 7. The van der Waals surface area contributed by atoms with E-state index in [0.717, 1.165) is 19.2 Å². The SMILES string of the molecule is CCNC(C)C1CCN(c2c(F)c(C3(N)CC3)c3c(=O)c(C(=O)O)c[nH]c3c2OC)C1. The lowest BCUT2D eigenvalue weighted by Gasteiger charge is -2.27. The molecule has 0 amide bonds. The number of nitrogens with one attached hydrogen (secondary N) is 2. The van der Waals surface area contributed by atoms with Crippen molar-refractivity contribution in [3.63, 3.8) is 0 Å². The fraction of sp³-hybridized carbons (Fsp3) is 0.545. The van der Waals surface area contributed by atoms with Crippen molar-refractivity contribution in [1.82, 2.24) is 10.3 Å². The first kappa shape index (κ1) is 21.6. The lowest BCUT2D eigenvalue weighted by molar-refractivity contribution is 0.0695. The van der Waals surface area contributed by atoms with E-state index in [0.29, 0.717) is 31.8 Å². The van der Waals surface area contributed by atoms with Crippen molar-refractivity contribution in [2.45, 2.75) is 44.7 Å². The van der Waals surface area contributed by atoms with Gasteiger partial charge in [-0.25, -0.2) is 9.18 Å². The standard InChI is InChI=1S/C22H29FN4O4/c1-4-25-11(2)12-5-8-27(10-12)18-16(23)15(22(24)6-7-22)14-17(20(18)31-3)26-9-13(19(14)28)21(29)30/h9,11-12,25H,4-8,10,24H2,1-3H3,(H,26,28)(H,29,30).